The average Bonchev–Trinajstić information content (AvgIpc) is 2.67. The van der Waals surface area contributed by atoms with Gasteiger partial charge in [0.1, 0.15) is 0 Å². The highest BCUT2D eigenvalue weighted by atomic mass is 16.4. The lowest BCUT2D eigenvalue weighted by atomic mass is 9.97. The van der Waals surface area contributed by atoms with Crippen LogP contribution < -0.4 is 0 Å². The van der Waals surface area contributed by atoms with Gasteiger partial charge in [0.05, 0.1) is 0 Å². The number of carboxylic acid groups (broad SMARTS) is 2. The second kappa shape index (κ2) is 12.0. The number of piperidine rings is 1. The van der Waals surface area contributed by atoms with Crippen molar-refractivity contribution in [2.24, 2.45) is 5.92 Å². The quantitative estimate of drug-likeness (QED) is 0.561. The van der Waals surface area contributed by atoms with Gasteiger partial charge in [-0.25, -0.2) is 9.59 Å². The van der Waals surface area contributed by atoms with Crippen LogP contribution in [0.4, 0.5) is 0 Å². The van der Waals surface area contributed by atoms with E-state index in [0.717, 1.165) is 31.6 Å². The molecule has 0 saturated carbocycles. The minimum atomic E-state index is -1.26. The smallest absolute Gasteiger partial charge is 0.328 e. The Kier molecular flexibility index (Phi) is 10.0. The van der Waals surface area contributed by atoms with Crippen molar-refractivity contribution in [2.45, 2.75) is 39.5 Å². The number of carbonyl (C=O) groups excluding carboxylic acids is 1. The molecule has 1 aromatic carbocycles. The summed E-state index contributed by atoms with van der Waals surface area (Å²) in [6.45, 7) is 7.42. The fourth-order valence-corrected chi connectivity index (χ4v) is 2.94. The van der Waals surface area contributed by atoms with Gasteiger partial charge in [0.2, 0.25) is 0 Å². The van der Waals surface area contributed by atoms with E-state index in [9.17, 15) is 14.4 Å². The Bertz CT molecular complexity index is 629. The van der Waals surface area contributed by atoms with Crippen LogP contribution in [0.5, 0.6) is 0 Å². The topological polar surface area (TPSA) is 94.9 Å². The molecule has 0 aliphatic carbocycles. The zero-order chi connectivity index (χ0) is 20.2. The van der Waals surface area contributed by atoms with Crippen LogP contribution in [0.1, 0.15) is 49.0 Å². The molecule has 1 unspecified atom stereocenters. The lowest BCUT2D eigenvalue weighted by molar-refractivity contribution is -0.134. The minimum absolute atomic E-state index is 0.102. The van der Waals surface area contributed by atoms with E-state index in [0.29, 0.717) is 12.2 Å². The summed E-state index contributed by atoms with van der Waals surface area (Å²) in [5.41, 5.74) is 2.15. The number of ketones is 1. The predicted octanol–water partition coefficient (Wildman–Crippen LogP) is 3.27. The Morgan fingerprint density at radius 1 is 1.00 bits per heavy atom. The number of nitrogens with zero attached hydrogens (tertiary/aromatic N) is 1. The first-order valence-electron chi connectivity index (χ1n) is 9.33. The number of benzene rings is 1. The van der Waals surface area contributed by atoms with Crippen LogP contribution in [0.3, 0.4) is 0 Å². The van der Waals surface area contributed by atoms with Gasteiger partial charge in [-0.15, -0.1) is 0 Å². The van der Waals surface area contributed by atoms with Crippen LogP contribution in [0.25, 0.3) is 0 Å². The lowest BCUT2D eigenvalue weighted by Crippen LogP contribution is -2.35. The highest BCUT2D eigenvalue weighted by Gasteiger charge is 2.19. The second-order valence-electron chi connectivity index (χ2n) is 6.69. The van der Waals surface area contributed by atoms with E-state index in [1.807, 2.05) is 12.1 Å². The summed E-state index contributed by atoms with van der Waals surface area (Å²) >= 11 is 0. The summed E-state index contributed by atoms with van der Waals surface area (Å²) in [7, 11) is 0. The van der Waals surface area contributed by atoms with Crippen molar-refractivity contribution in [3.63, 3.8) is 0 Å². The number of hydrogen-bond acceptors (Lipinski definition) is 4. The van der Waals surface area contributed by atoms with Crippen molar-refractivity contribution in [1.82, 2.24) is 4.90 Å². The van der Waals surface area contributed by atoms with Crippen LogP contribution in [-0.2, 0) is 16.0 Å². The molecule has 1 fully saturated rings. The van der Waals surface area contributed by atoms with Crippen LogP contribution in [0.15, 0.2) is 36.4 Å². The molecular formula is C21H29NO5. The van der Waals surface area contributed by atoms with E-state index in [1.54, 1.807) is 0 Å². The fraction of sp³-hybridized carbons (Fsp3) is 0.476. The maximum Gasteiger partial charge on any atom is 0.328 e. The van der Waals surface area contributed by atoms with E-state index in [4.69, 9.17) is 10.2 Å². The Labute approximate surface area is 160 Å². The van der Waals surface area contributed by atoms with Gasteiger partial charge in [-0.2, -0.15) is 0 Å². The summed E-state index contributed by atoms with van der Waals surface area (Å²) in [5.74, 6) is -2.13. The number of likely N-dealkylation sites (tertiary alicyclic amines) is 1. The number of rotatable bonds is 7. The van der Waals surface area contributed by atoms with Crippen molar-refractivity contribution < 1.29 is 24.6 Å². The summed E-state index contributed by atoms with van der Waals surface area (Å²) in [6.07, 6.45) is 6.05. The molecule has 6 nitrogen and oxygen atoms in total. The molecule has 2 N–H and O–H groups in total. The third-order valence-corrected chi connectivity index (χ3v) is 4.44. The normalized spacial score (nSPS) is 15.6. The van der Waals surface area contributed by atoms with E-state index >= 15 is 0 Å². The van der Waals surface area contributed by atoms with Gasteiger partial charge in [-0.05, 0) is 37.9 Å². The first kappa shape index (κ1) is 22.6. The van der Waals surface area contributed by atoms with Crippen LogP contribution in [0, 0.1) is 5.92 Å². The van der Waals surface area contributed by atoms with Crippen LogP contribution in [-0.4, -0.2) is 52.5 Å². The zero-order valence-corrected chi connectivity index (χ0v) is 16.1. The van der Waals surface area contributed by atoms with Gasteiger partial charge in [0.15, 0.2) is 5.78 Å². The lowest BCUT2D eigenvalue weighted by Gasteiger charge is -2.28. The maximum absolute atomic E-state index is 12.4. The first-order valence-corrected chi connectivity index (χ1v) is 9.33. The summed E-state index contributed by atoms with van der Waals surface area (Å²) in [4.78, 5) is 33.9. The molecule has 0 radical (unpaired) electrons. The zero-order valence-electron chi connectivity index (χ0n) is 16.1. The molecule has 27 heavy (non-hydrogen) atoms. The molecular weight excluding hydrogens is 346 g/mol. The summed E-state index contributed by atoms with van der Waals surface area (Å²) < 4.78 is 0. The van der Waals surface area contributed by atoms with Crippen LogP contribution in [0.2, 0.25) is 0 Å². The van der Waals surface area contributed by atoms with Crippen molar-refractivity contribution in [1.29, 1.82) is 0 Å². The van der Waals surface area contributed by atoms with Gasteiger partial charge in [-0.3, -0.25) is 4.79 Å². The monoisotopic (exact) mass is 375 g/mol. The van der Waals surface area contributed by atoms with Crippen molar-refractivity contribution in [2.75, 3.05) is 19.6 Å². The number of aliphatic carboxylic acids is 2. The van der Waals surface area contributed by atoms with Gasteiger partial charge >= 0.3 is 11.9 Å². The number of carboxylic acids is 2. The van der Waals surface area contributed by atoms with Gasteiger partial charge in [0.25, 0.3) is 0 Å². The number of aryl methyl sites for hydroxylation is 1. The molecule has 1 heterocycles. The van der Waals surface area contributed by atoms with Crippen molar-refractivity contribution in [3.05, 3.63) is 47.5 Å². The molecule has 1 saturated heterocycles. The Morgan fingerprint density at radius 2 is 1.52 bits per heavy atom. The first-order chi connectivity index (χ1) is 12.8. The van der Waals surface area contributed by atoms with Gasteiger partial charge in [0, 0.05) is 30.2 Å². The second-order valence-corrected chi connectivity index (χ2v) is 6.69. The van der Waals surface area contributed by atoms with E-state index in [1.165, 1.54) is 24.8 Å². The SMILES string of the molecule is CCc1ccc(C(=O)C(C)CN2CCCCC2)cc1.O=C(O)/C=C/C(=O)O. The summed E-state index contributed by atoms with van der Waals surface area (Å²) in [6, 6.07) is 8.10. The minimum Gasteiger partial charge on any atom is -0.478 e. The van der Waals surface area contributed by atoms with E-state index in [-0.39, 0.29) is 11.7 Å². The molecule has 1 aromatic rings. The summed E-state index contributed by atoms with van der Waals surface area (Å²) in [5, 5.41) is 15.6. The molecule has 0 spiro atoms. The fourth-order valence-electron chi connectivity index (χ4n) is 2.94. The molecule has 0 amide bonds. The Morgan fingerprint density at radius 3 is 1.96 bits per heavy atom. The number of Topliss-reactive ketones (excluding diaryl/α,β-unsaturated/α-hetero) is 1. The standard InChI is InChI=1S/C17H25NO.C4H4O4/c1-3-15-7-9-16(10-8-15)17(19)14(2)13-18-11-5-4-6-12-18;5-3(6)1-2-4(7)8/h7-10,14H,3-6,11-13H2,1-2H3;1-2H,(H,5,6)(H,7,8)/b;2-1+. The molecule has 1 aliphatic rings. The largest absolute Gasteiger partial charge is 0.478 e. The van der Waals surface area contributed by atoms with Crippen molar-refractivity contribution >= 4 is 17.7 Å². The Balaban J connectivity index is 0.000000387. The molecule has 0 bridgehead atoms. The molecule has 0 aromatic heterocycles. The Hall–Kier alpha value is -2.47. The van der Waals surface area contributed by atoms with Gasteiger partial charge in [-0.1, -0.05) is 44.5 Å². The molecule has 6 heteroatoms. The molecule has 148 valence electrons. The molecule has 2 rings (SSSR count). The molecule has 1 atom stereocenters. The van der Waals surface area contributed by atoms with E-state index < -0.39 is 11.9 Å². The third kappa shape index (κ3) is 9.15. The number of hydrogen-bond donors (Lipinski definition) is 2. The van der Waals surface area contributed by atoms with Gasteiger partial charge < -0.3 is 15.1 Å². The highest BCUT2D eigenvalue weighted by Crippen LogP contribution is 2.15. The average molecular weight is 375 g/mol. The van der Waals surface area contributed by atoms with Crippen molar-refractivity contribution in [3.8, 4) is 0 Å². The predicted molar refractivity (Wildman–Crippen MR) is 104 cm³/mol. The van der Waals surface area contributed by atoms with E-state index in [2.05, 4.69) is 30.9 Å². The number of carbonyl (C=O) groups is 3. The maximum atomic E-state index is 12.4. The van der Waals surface area contributed by atoms with Crippen LogP contribution >= 0.6 is 0 Å². The third-order valence-electron chi connectivity index (χ3n) is 4.44. The highest BCUT2D eigenvalue weighted by molar-refractivity contribution is 5.97. The molecule has 1 aliphatic heterocycles.